The van der Waals surface area contributed by atoms with Gasteiger partial charge in [-0.1, -0.05) is 19.8 Å². The summed E-state index contributed by atoms with van der Waals surface area (Å²) >= 11 is 1.39. The van der Waals surface area contributed by atoms with Crippen molar-refractivity contribution >= 4 is 21.4 Å². The summed E-state index contributed by atoms with van der Waals surface area (Å²) in [6, 6.07) is 1.96. The topological polar surface area (TPSA) is 49.4 Å². The van der Waals surface area contributed by atoms with Crippen LogP contribution in [0, 0.1) is 12.8 Å². The lowest BCUT2D eigenvalue weighted by atomic mass is 9.87. The van der Waals surface area contributed by atoms with E-state index in [4.69, 9.17) is 0 Å². The SMILES string of the molecule is CNCc1sc(S(=O)(=O)N(C)C2CCCC(C)C2)cc1C. The molecule has 0 aliphatic heterocycles. The van der Waals surface area contributed by atoms with Crippen LogP contribution in [0.15, 0.2) is 10.3 Å². The molecule has 1 aliphatic carbocycles. The van der Waals surface area contributed by atoms with Crippen molar-refractivity contribution in [1.29, 1.82) is 0 Å². The molecule has 0 amide bonds. The Morgan fingerprint density at radius 3 is 2.76 bits per heavy atom. The first-order valence-electron chi connectivity index (χ1n) is 7.58. The van der Waals surface area contributed by atoms with Gasteiger partial charge in [0.1, 0.15) is 4.21 Å². The lowest BCUT2D eigenvalue weighted by Gasteiger charge is -2.33. The molecule has 1 N–H and O–H groups in total. The van der Waals surface area contributed by atoms with Crippen LogP contribution in [-0.4, -0.2) is 32.9 Å². The van der Waals surface area contributed by atoms with Gasteiger partial charge in [-0.3, -0.25) is 0 Å². The minimum Gasteiger partial charge on any atom is -0.315 e. The smallest absolute Gasteiger partial charge is 0.252 e. The number of aryl methyl sites for hydroxylation is 1. The van der Waals surface area contributed by atoms with E-state index in [0.717, 1.165) is 36.2 Å². The maximum absolute atomic E-state index is 12.8. The average Bonchev–Trinajstić information content (AvgIpc) is 2.80. The highest BCUT2D eigenvalue weighted by Crippen LogP contribution is 2.33. The molecule has 0 spiro atoms. The Morgan fingerprint density at radius 2 is 2.14 bits per heavy atom. The predicted octanol–water partition coefficient (Wildman–Crippen LogP) is 2.98. The van der Waals surface area contributed by atoms with E-state index in [1.807, 2.05) is 20.0 Å². The lowest BCUT2D eigenvalue weighted by molar-refractivity contribution is 0.239. The number of thiophene rings is 1. The molecule has 1 saturated carbocycles. The molecule has 0 bridgehead atoms. The van der Waals surface area contributed by atoms with Crippen molar-refractivity contribution in [2.45, 2.75) is 56.3 Å². The van der Waals surface area contributed by atoms with Crippen LogP contribution in [-0.2, 0) is 16.6 Å². The molecule has 1 aromatic heterocycles. The third kappa shape index (κ3) is 3.67. The number of hydrogen-bond acceptors (Lipinski definition) is 4. The first-order chi connectivity index (χ1) is 9.86. The molecular weight excluding hydrogens is 304 g/mol. The molecule has 0 saturated heterocycles. The molecule has 0 aromatic carbocycles. The maximum atomic E-state index is 12.8. The summed E-state index contributed by atoms with van der Waals surface area (Å²) in [6.45, 7) is 4.91. The number of hydrogen-bond donors (Lipinski definition) is 1. The Kier molecular flexibility index (Phi) is 5.46. The standard InChI is InChI=1S/C15H26N2O2S2/c1-11-6-5-7-13(8-11)17(4)21(18,19)15-9-12(2)14(20-15)10-16-3/h9,11,13,16H,5-8,10H2,1-4H3. The Bertz CT molecular complexity index is 580. The maximum Gasteiger partial charge on any atom is 0.252 e. The van der Waals surface area contributed by atoms with E-state index in [1.54, 1.807) is 11.4 Å². The van der Waals surface area contributed by atoms with Gasteiger partial charge in [0.25, 0.3) is 10.0 Å². The molecule has 0 radical (unpaired) electrons. The predicted molar refractivity (Wildman–Crippen MR) is 88.2 cm³/mol. The minimum atomic E-state index is -3.36. The molecule has 1 aromatic rings. The first kappa shape index (κ1) is 16.9. The Hall–Kier alpha value is -0.430. The normalized spacial score (nSPS) is 23.7. The quantitative estimate of drug-likeness (QED) is 0.903. The molecule has 2 atom stereocenters. The van der Waals surface area contributed by atoms with Crippen molar-refractivity contribution in [1.82, 2.24) is 9.62 Å². The van der Waals surface area contributed by atoms with Gasteiger partial charge in [-0.15, -0.1) is 11.3 Å². The van der Waals surface area contributed by atoms with E-state index >= 15 is 0 Å². The van der Waals surface area contributed by atoms with Crippen molar-refractivity contribution in [2.75, 3.05) is 14.1 Å². The molecule has 4 nitrogen and oxygen atoms in total. The molecule has 6 heteroatoms. The largest absolute Gasteiger partial charge is 0.315 e. The van der Waals surface area contributed by atoms with Crippen LogP contribution in [0.25, 0.3) is 0 Å². The summed E-state index contributed by atoms with van der Waals surface area (Å²) < 4.78 is 27.7. The van der Waals surface area contributed by atoms with Crippen LogP contribution < -0.4 is 5.32 Å². The number of nitrogens with zero attached hydrogens (tertiary/aromatic N) is 1. The van der Waals surface area contributed by atoms with Crippen LogP contribution in [0.4, 0.5) is 0 Å². The molecule has 21 heavy (non-hydrogen) atoms. The highest BCUT2D eigenvalue weighted by molar-refractivity contribution is 7.91. The van der Waals surface area contributed by atoms with Crippen molar-refractivity contribution in [3.63, 3.8) is 0 Å². The van der Waals surface area contributed by atoms with Gasteiger partial charge in [-0.25, -0.2) is 8.42 Å². The van der Waals surface area contributed by atoms with Gasteiger partial charge in [0.05, 0.1) is 0 Å². The van der Waals surface area contributed by atoms with Gasteiger partial charge in [-0.2, -0.15) is 4.31 Å². The number of sulfonamides is 1. The van der Waals surface area contributed by atoms with E-state index in [2.05, 4.69) is 12.2 Å². The van der Waals surface area contributed by atoms with Crippen LogP contribution in [0.2, 0.25) is 0 Å². The van der Waals surface area contributed by atoms with Gasteiger partial charge in [0.15, 0.2) is 0 Å². The van der Waals surface area contributed by atoms with E-state index in [-0.39, 0.29) is 6.04 Å². The van der Waals surface area contributed by atoms with E-state index in [0.29, 0.717) is 10.1 Å². The van der Waals surface area contributed by atoms with Crippen molar-refractivity contribution < 1.29 is 8.42 Å². The summed E-state index contributed by atoms with van der Waals surface area (Å²) in [6.07, 6.45) is 4.30. The second-order valence-electron chi connectivity index (χ2n) is 6.15. The van der Waals surface area contributed by atoms with E-state index in [9.17, 15) is 8.42 Å². The van der Waals surface area contributed by atoms with Gasteiger partial charge < -0.3 is 5.32 Å². The van der Waals surface area contributed by atoms with Crippen molar-refractivity contribution in [2.24, 2.45) is 5.92 Å². The molecule has 1 aliphatic rings. The fourth-order valence-corrected chi connectivity index (χ4v) is 6.21. The average molecular weight is 331 g/mol. The van der Waals surface area contributed by atoms with Crippen LogP contribution in [0.3, 0.4) is 0 Å². The number of rotatable bonds is 5. The van der Waals surface area contributed by atoms with Gasteiger partial charge in [-0.05, 0) is 44.4 Å². The zero-order chi connectivity index (χ0) is 15.6. The zero-order valence-electron chi connectivity index (χ0n) is 13.3. The number of nitrogens with one attached hydrogen (secondary N) is 1. The Morgan fingerprint density at radius 1 is 1.43 bits per heavy atom. The highest BCUT2D eigenvalue weighted by atomic mass is 32.2. The lowest BCUT2D eigenvalue weighted by Crippen LogP contribution is -2.39. The summed E-state index contributed by atoms with van der Waals surface area (Å²) in [5.74, 6) is 0.617. The van der Waals surface area contributed by atoms with Gasteiger partial charge >= 0.3 is 0 Å². The Labute approximate surface area is 132 Å². The Balaban J connectivity index is 2.22. The molecule has 2 unspecified atom stereocenters. The second-order valence-corrected chi connectivity index (χ2v) is 9.51. The summed E-state index contributed by atoms with van der Waals surface area (Å²) in [7, 11) is 0.261. The molecule has 1 fully saturated rings. The summed E-state index contributed by atoms with van der Waals surface area (Å²) in [4.78, 5) is 1.10. The van der Waals surface area contributed by atoms with Crippen LogP contribution >= 0.6 is 11.3 Å². The van der Waals surface area contributed by atoms with Crippen LogP contribution in [0.5, 0.6) is 0 Å². The van der Waals surface area contributed by atoms with Crippen molar-refractivity contribution in [3.8, 4) is 0 Å². The monoisotopic (exact) mass is 330 g/mol. The highest BCUT2D eigenvalue weighted by Gasteiger charge is 2.32. The second kappa shape index (κ2) is 6.77. The fourth-order valence-electron chi connectivity index (χ4n) is 3.02. The van der Waals surface area contributed by atoms with Gasteiger partial charge in [0.2, 0.25) is 0 Å². The molecule has 120 valence electrons. The zero-order valence-corrected chi connectivity index (χ0v) is 15.0. The molecular formula is C15H26N2O2S2. The third-order valence-corrected chi connectivity index (χ3v) is 7.99. The molecule has 1 heterocycles. The van der Waals surface area contributed by atoms with Gasteiger partial charge in [0, 0.05) is 24.5 Å². The van der Waals surface area contributed by atoms with Crippen molar-refractivity contribution in [3.05, 3.63) is 16.5 Å². The van der Waals surface area contributed by atoms with Crippen LogP contribution in [0.1, 0.15) is 43.0 Å². The third-order valence-electron chi connectivity index (χ3n) is 4.39. The minimum absolute atomic E-state index is 0.147. The summed E-state index contributed by atoms with van der Waals surface area (Å²) in [5, 5.41) is 3.09. The first-order valence-corrected chi connectivity index (χ1v) is 9.84. The van der Waals surface area contributed by atoms with E-state index in [1.165, 1.54) is 17.8 Å². The fraction of sp³-hybridized carbons (Fsp3) is 0.733. The van der Waals surface area contributed by atoms with E-state index < -0.39 is 10.0 Å². The molecule has 2 rings (SSSR count). The summed E-state index contributed by atoms with van der Waals surface area (Å²) in [5.41, 5.74) is 1.05.